The fraction of sp³-hybridized carbons (Fsp3) is 0.714. The summed E-state index contributed by atoms with van der Waals surface area (Å²) in [5.74, 6) is 1.50. The topological polar surface area (TPSA) is 72.9 Å². The summed E-state index contributed by atoms with van der Waals surface area (Å²) in [6.45, 7) is 6.01. The Labute approximate surface area is 113 Å². The highest BCUT2D eigenvalue weighted by Gasteiger charge is 2.37. The molecule has 0 radical (unpaired) electrons. The van der Waals surface area contributed by atoms with Gasteiger partial charge in [0.2, 0.25) is 5.91 Å². The van der Waals surface area contributed by atoms with Crippen LogP contribution in [0.3, 0.4) is 0 Å². The maximum atomic E-state index is 11.4. The smallest absolute Gasteiger partial charge is 0.219 e. The first-order valence-electron chi connectivity index (χ1n) is 7.09. The van der Waals surface area contributed by atoms with Crippen LogP contribution >= 0.6 is 0 Å². The molecule has 5 nitrogen and oxygen atoms in total. The zero-order chi connectivity index (χ0) is 13.6. The molecule has 1 aromatic rings. The summed E-state index contributed by atoms with van der Waals surface area (Å²) in [7, 11) is 0. The predicted molar refractivity (Wildman–Crippen MR) is 72.7 cm³/mol. The van der Waals surface area contributed by atoms with Gasteiger partial charge in [-0.2, -0.15) is 0 Å². The molecule has 0 bridgehead atoms. The van der Waals surface area contributed by atoms with Crippen molar-refractivity contribution in [1.29, 1.82) is 0 Å². The number of carbonyl (C=O) groups excluding carboxylic acids is 1. The van der Waals surface area contributed by atoms with Gasteiger partial charge in [0.25, 0.3) is 0 Å². The van der Waals surface area contributed by atoms with Gasteiger partial charge in [0.1, 0.15) is 5.82 Å². The average Bonchev–Trinajstić information content (AvgIpc) is 3.07. The second kappa shape index (κ2) is 4.34. The van der Waals surface area contributed by atoms with Gasteiger partial charge in [-0.15, -0.1) is 0 Å². The van der Waals surface area contributed by atoms with E-state index >= 15 is 0 Å². The molecule has 1 saturated carbocycles. The number of nitrogens with zero attached hydrogens (tertiary/aromatic N) is 2. The molecule has 0 saturated heterocycles. The highest BCUT2D eigenvalue weighted by molar-refractivity contribution is 5.74. The van der Waals surface area contributed by atoms with Crippen LogP contribution in [0.25, 0.3) is 0 Å². The van der Waals surface area contributed by atoms with Gasteiger partial charge >= 0.3 is 0 Å². The Kier molecular flexibility index (Phi) is 2.89. The van der Waals surface area contributed by atoms with Crippen molar-refractivity contribution in [2.45, 2.75) is 57.5 Å². The molecule has 0 aromatic carbocycles. The number of nitrogens with one attached hydrogen (secondary N) is 1. The van der Waals surface area contributed by atoms with E-state index in [-0.39, 0.29) is 11.4 Å². The molecule has 3 rings (SSSR count). The van der Waals surface area contributed by atoms with Crippen LogP contribution in [0.15, 0.2) is 0 Å². The molecule has 0 atom stereocenters. The summed E-state index contributed by atoms with van der Waals surface area (Å²) in [6, 6.07) is 0. The van der Waals surface area contributed by atoms with E-state index in [2.05, 4.69) is 23.7 Å². The molecular weight excluding hydrogens is 240 g/mol. The first kappa shape index (κ1) is 12.7. The van der Waals surface area contributed by atoms with Gasteiger partial charge in [-0.25, -0.2) is 4.98 Å². The minimum Gasteiger partial charge on any atom is -0.370 e. The van der Waals surface area contributed by atoms with Gasteiger partial charge in [-0.1, -0.05) is 0 Å². The highest BCUT2D eigenvalue weighted by Crippen LogP contribution is 2.43. The lowest BCUT2D eigenvalue weighted by Crippen LogP contribution is -2.36. The average molecular weight is 262 g/mol. The molecular formula is C14H22N4O. The molecule has 0 spiro atoms. The lowest BCUT2D eigenvalue weighted by molar-refractivity contribution is -0.119. The summed E-state index contributed by atoms with van der Waals surface area (Å²) in [4.78, 5) is 16.2. The number of amides is 1. The summed E-state index contributed by atoms with van der Waals surface area (Å²) >= 11 is 0. The maximum absolute atomic E-state index is 11.4. The van der Waals surface area contributed by atoms with Gasteiger partial charge in [0.05, 0.1) is 5.69 Å². The maximum Gasteiger partial charge on any atom is 0.219 e. The van der Waals surface area contributed by atoms with Crippen molar-refractivity contribution in [3.05, 3.63) is 17.2 Å². The van der Waals surface area contributed by atoms with Crippen LogP contribution < -0.4 is 11.1 Å². The SMILES string of the molecule is CC(C)(CC(N)=O)n1c(C2CC2)nc2c1CCNC2. The van der Waals surface area contributed by atoms with Gasteiger partial charge in [0.15, 0.2) is 0 Å². The molecule has 3 N–H and O–H groups in total. The molecule has 5 heteroatoms. The summed E-state index contributed by atoms with van der Waals surface area (Å²) < 4.78 is 2.31. The van der Waals surface area contributed by atoms with E-state index in [1.165, 1.54) is 24.4 Å². The Morgan fingerprint density at radius 2 is 2.26 bits per heavy atom. The second-order valence-electron chi connectivity index (χ2n) is 6.36. The number of imidazole rings is 1. The third kappa shape index (κ3) is 2.27. The molecule has 1 aromatic heterocycles. The summed E-state index contributed by atoms with van der Waals surface area (Å²) in [5.41, 5.74) is 7.60. The summed E-state index contributed by atoms with van der Waals surface area (Å²) in [5, 5.41) is 3.37. The van der Waals surface area contributed by atoms with Crippen LogP contribution in [-0.2, 0) is 23.3 Å². The van der Waals surface area contributed by atoms with E-state index in [0.29, 0.717) is 12.3 Å². The van der Waals surface area contributed by atoms with Gasteiger partial charge in [-0.3, -0.25) is 4.79 Å². The number of fused-ring (bicyclic) bond motifs is 1. The van der Waals surface area contributed by atoms with Crippen LogP contribution in [-0.4, -0.2) is 22.0 Å². The zero-order valence-corrected chi connectivity index (χ0v) is 11.7. The lowest BCUT2D eigenvalue weighted by atomic mass is 9.98. The van der Waals surface area contributed by atoms with E-state index < -0.39 is 0 Å². The lowest BCUT2D eigenvalue weighted by Gasteiger charge is -2.30. The first-order valence-corrected chi connectivity index (χ1v) is 7.09. The largest absolute Gasteiger partial charge is 0.370 e. The quantitative estimate of drug-likeness (QED) is 0.850. The Balaban J connectivity index is 2.06. The van der Waals surface area contributed by atoms with Crippen molar-refractivity contribution >= 4 is 5.91 Å². The number of rotatable bonds is 4. The minimum absolute atomic E-state index is 0.247. The van der Waals surface area contributed by atoms with Crippen molar-refractivity contribution < 1.29 is 4.79 Å². The number of nitrogens with two attached hydrogens (primary N) is 1. The molecule has 104 valence electrons. The van der Waals surface area contributed by atoms with Crippen LogP contribution in [0.4, 0.5) is 0 Å². The van der Waals surface area contributed by atoms with Gasteiger partial charge in [0, 0.05) is 43.1 Å². The number of hydrogen-bond donors (Lipinski definition) is 2. The Hall–Kier alpha value is -1.36. The van der Waals surface area contributed by atoms with Crippen LogP contribution in [0.1, 0.15) is 56.2 Å². The molecule has 2 aliphatic rings. The first-order chi connectivity index (χ1) is 8.99. The Morgan fingerprint density at radius 3 is 2.89 bits per heavy atom. The van der Waals surface area contributed by atoms with E-state index in [4.69, 9.17) is 10.7 Å². The standard InChI is InChI=1S/C14H22N4O/c1-14(2,7-12(15)19)18-11-5-6-16-8-10(11)17-13(18)9-3-4-9/h9,16H,3-8H2,1-2H3,(H2,15,19). The van der Waals surface area contributed by atoms with Crippen LogP contribution in [0.2, 0.25) is 0 Å². The highest BCUT2D eigenvalue weighted by atomic mass is 16.1. The van der Waals surface area contributed by atoms with E-state index in [0.717, 1.165) is 25.2 Å². The molecule has 1 aliphatic heterocycles. The molecule has 19 heavy (non-hydrogen) atoms. The normalized spacial score (nSPS) is 19.3. The van der Waals surface area contributed by atoms with Gasteiger partial charge in [-0.05, 0) is 26.7 Å². The van der Waals surface area contributed by atoms with Crippen molar-refractivity contribution in [2.75, 3.05) is 6.54 Å². The fourth-order valence-corrected chi connectivity index (χ4v) is 3.13. The van der Waals surface area contributed by atoms with E-state index in [1.54, 1.807) is 0 Å². The Bertz CT molecular complexity index is 514. The van der Waals surface area contributed by atoms with E-state index in [9.17, 15) is 4.79 Å². The molecule has 2 heterocycles. The predicted octanol–water partition coefficient (Wildman–Crippen LogP) is 1.02. The molecule has 0 unspecified atom stereocenters. The minimum atomic E-state index is -0.276. The third-order valence-corrected chi connectivity index (χ3v) is 4.07. The summed E-state index contributed by atoms with van der Waals surface area (Å²) in [6.07, 6.45) is 3.78. The van der Waals surface area contributed by atoms with Crippen molar-refractivity contribution in [3.63, 3.8) is 0 Å². The second-order valence-corrected chi connectivity index (χ2v) is 6.36. The number of aromatic nitrogens is 2. The number of hydrogen-bond acceptors (Lipinski definition) is 3. The molecule has 1 fully saturated rings. The molecule has 1 amide bonds. The van der Waals surface area contributed by atoms with Crippen LogP contribution in [0.5, 0.6) is 0 Å². The third-order valence-electron chi connectivity index (χ3n) is 4.07. The van der Waals surface area contributed by atoms with Crippen molar-refractivity contribution in [3.8, 4) is 0 Å². The van der Waals surface area contributed by atoms with Gasteiger partial charge < -0.3 is 15.6 Å². The fourth-order valence-electron chi connectivity index (χ4n) is 3.13. The van der Waals surface area contributed by atoms with Crippen molar-refractivity contribution in [1.82, 2.24) is 14.9 Å². The Morgan fingerprint density at radius 1 is 1.53 bits per heavy atom. The monoisotopic (exact) mass is 262 g/mol. The van der Waals surface area contributed by atoms with E-state index in [1.807, 2.05) is 0 Å². The number of carbonyl (C=O) groups is 1. The number of primary amides is 1. The van der Waals surface area contributed by atoms with Crippen LogP contribution in [0, 0.1) is 0 Å². The van der Waals surface area contributed by atoms with Crippen molar-refractivity contribution in [2.24, 2.45) is 5.73 Å². The molecule has 1 aliphatic carbocycles. The zero-order valence-electron chi connectivity index (χ0n) is 11.7.